The third kappa shape index (κ3) is 6.05. The number of sulfonamides is 1. The number of nitrogens with one attached hydrogen (secondary N) is 1. The van der Waals surface area contributed by atoms with Gasteiger partial charge in [0.15, 0.2) is 0 Å². The number of amides is 1. The SMILES string of the molecule is CCOc1ccc(N([C@@H](C)C(=O)N/N=C(/C)c2ccc(C)cc2)S(C)(=O)=O)cc1. The molecular weight excluding hydrogens is 390 g/mol. The van der Waals surface area contributed by atoms with E-state index in [1.807, 2.05) is 38.1 Å². The standard InChI is InChI=1S/C21H27N3O4S/c1-6-28-20-13-11-19(12-14-20)24(29(5,26)27)17(4)21(25)23-22-16(3)18-9-7-15(2)8-10-18/h7-14,17H,6H2,1-5H3,(H,23,25)/b22-16-/t17-/m0/s1. The summed E-state index contributed by atoms with van der Waals surface area (Å²) in [6.07, 6.45) is 1.06. The fourth-order valence-electron chi connectivity index (χ4n) is 2.76. The molecule has 2 aromatic carbocycles. The second-order valence-electron chi connectivity index (χ2n) is 6.70. The minimum absolute atomic E-state index is 0.373. The van der Waals surface area contributed by atoms with Crippen molar-refractivity contribution in [2.75, 3.05) is 17.2 Å². The highest BCUT2D eigenvalue weighted by Gasteiger charge is 2.29. The quantitative estimate of drug-likeness (QED) is 0.528. The maximum atomic E-state index is 12.6. The number of aryl methyl sites for hydroxylation is 1. The van der Waals surface area contributed by atoms with Crippen LogP contribution in [0.25, 0.3) is 0 Å². The molecule has 0 spiro atoms. The summed E-state index contributed by atoms with van der Waals surface area (Å²) in [6.45, 7) is 7.65. The number of hydrogen-bond donors (Lipinski definition) is 1. The average Bonchev–Trinajstić information content (AvgIpc) is 2.67. The molecule has 1 atom stereocenters. The van der Waals surface area contributed by atoms with Crippen molar-refractivity contribution in [1.29, 1.82) is 0 Å². The fourth-order valence-corrected chi connectivity index (χ4v) is 3.93. The predicted octanol–water partition coefficient (Wildman–Crippen LogP) is 3.09. The molecule has 0 unspecified atom stereocenters. The van der Waals surface area contributed by atoms with Crippen molar-refractivity contribution in [2.45, 2.75) is 33.7 Å². The molecule has 7 nitrogen and oxygen atoms in total. The first-order valence-electron chi connectivity index (χ1n) is 9.27. The number of anilines is 1. The van der Waals surface area contributed by atoms with Crippen LogP contribution < -0.4 is 14.5 Å². The summed E-state index contributed by atoms with van der Waals surface area (Å²) in [6, 6.07) is 13.3. The van der Waals surface area contributed by atoms with Crippen molar-refractivity contribution >= 4 is 27.3 Å². The van der Waals surface area contributed by atoms with Crippen molar-refractivity contribution in [2.24, 2.45) is 5.10 Å². The monoisotopic (exact) mass is 417 g/mol. The lowest BCUT2D eigenvalue weighted by atomic mass is 10.1. The van der Waals surface area contributed by atoms with Gasteiger partial charge in [-0.15, -0.1) is 0 Å². The summed E-state index contributed by atoms with van der Waals surface area (Å²) < 4.78 is 31.2. The first kappa shape index (κ1) is 22.4. The van der Waals surface area contributed by atoms with E-state index in [1.165, 1.54) is 6.92 Å². The van der Waals surface area contributed by atoms with E-state index in [-0.39, 0.29) is 0 Å². The Morgan fingerprint density at radius 1 is 1.14 bits per heavy atom. The van der Waals surface area contributed by atoms with Crippen molar-refractivity contribution in [3.05, 3.63) is 59.7 Å². The Morgan fingerprint density at radius 3 is 2.24 bits per heavy atom. The lowest BCUT2D eigenvalue weighted by Gasteiger charge is -2.27. The molecule has 2 rings (SSSR count). The van der Waals surface area contributed by atoms with Crippen LogP contribution in [0.5, 0.6) is 5.75 Å². The minimum Gasteiger partial charge on any atom is -0.494 e. The van der Waals surface area contributed by atoms with Gasteiger partial charge in [-0.1, -0.05) is 29.8 Å². The minimum atomic E-state index is -3.70. The Morgan fingerprint density at radius 2 is 1.72 bits per heavy atom. The van der Waals surface area contributed by atoms with E-state index in [1.54, 1.807) is 31.2 Å². The Kier molecular flexibility index (Phi) is 7.39. The molecular formula is C21H27N3O4S. The van der Waals surface area contributed by atoms with Gasteiger partial charge in [0.25, 0.3) is 5.91 Å². The second kappa shape index (κ2) is 9.56. The summed E-state index contributed by atoms with van der Waals surface area (Å²) >= 11 is 0. The van der Waals surface area contributed by atoms with Crippen molar-refractivity contribution in [1.82, 2.24) is 5.43 Å². The van der Waals surface area contributed by atoms with E-state index in [9.17, 15) is 13.2 Å². The van der Waals surface area contributed by atoms with Gasteiger partial charge in [-0.3, -0.25) is 9.10 Å². The van der Waals surface area contributed by atoms with Gasteiger partial charge in [0, 0.05) is 0 Å². The average molecular weight is 418 g/mol. The van der Waals surface area contributed by atoms with E-state index in [4.69, 9.17) is 4.74 Å². The number of hydrazone groups is 1. The van der Waals surface area contributed by atoms with Crippen LogP contribution in [0, 0.1) is 6.92 Å². The third-order valence-corrected chi connectivity index (χ3v) is 5.54. The number of hydrogen-bond acceptors (Lipinski definition) is 5. The van der Waals surface area contributed by atoms with Crippen molar-refractivity contribution in [3.8, 4) is 5.75 Å². The number of rotatable bonds is 8. The Bertz CT molecular complexity index is 968. The molecule has 0 saturated carbocycles. The van der Waals surface area contributed by atoms with Gasteiger partial charge >= 0.3 is 0 Å². The van der Waals surface area contributed by atoms with Gasteiger partial charge in [-0.05, 0) is 57.5 Å². The largest absolute Gasteiger partial charge is 0.494 e. The first-order valence-corrected chi connectivity index (χ1v) is 11.1. The van der Waals surface area contributed by atoms with E-state index in [0.717, 1.165) is 21.7 Å². The molecule has 0 aliphatic rings. The van der Waals surface area contributed by atoms with Crippen LogP contribution in [-0.2, 0) is 14.8 Å². The normalized spacial score (nSPS) is 12.9. The summed E-state index contributed by atoms with van der Waals surface area (Å²) in [5, 5.41) is 4.12. The zero-order valence-corrected chi connectivity index (χ0v) is 18.2. The first-order chi connectivity index (χ1) is 13.6. The smallest absolute Gasteiger partial charge is 0.263 e. The second-order valence-corrected chi connectivity index (χ2v) is 8.56. The van der Waals surface area contributed by atoms with Crippen LogP contribution in [0.3, 0.4) is 0 Å². The molecule has 0 radical (unpaired) electrons. The van der Waals surface area contributed by atoms with Gasteiger partial charge in [-0.2, -0.15) is 5.10 Å². The van der Waals surface area contributed by atoms with Crippen LogP contribution in [0.1, 0.15) is 31.9 Å². The lowest BCUT2D eigenvalue weighted by Crippen LogP contribution is -2.46. The molecule has 2 aromatic rings. The molecule has 8 heteroatoms. The van der Waals surface area contributed by atoms with E-state index in [2.05, 4.69) is 10.5 Å². The molecule has 0 aliphatic heterocycles. The lowest BCUT2D eigenvalue weighted by molar-refractivity contribution is -0.121. The van der Waals surface area contributed by atoms with Crippen LogP contribution in [-0.4, -0.2) is 38.9 Å². The summed E-state index contributed by atoms with van der Waals surface area (Å²) in [7, 11) is -3.70. The van der Waals surface area contributed by atoms with E-state index in [0.29, 0.717) is 23.8 Å². The number of ether oxygens (including phenoxy) is 1. The Balaban J connectivity index is 2.20. The predicted molar refractivity (Wildman–Crippen MR) is 116 cm³/mol. The zero-order valence-electron chi connectivity index (χ0n) is 17.3. The highest BCUT2D eigenvalue weighted by molar-refractivity contribution is 7.92. The maximum Gasteiger partial charge on any atom is 0.263 e. The molecule has 0 aliphatic carbocycles. The fraction of sp³-hybridized carbons (Fsp3) is 0.333. The number of carbonyl (C=O) groups excluding carboxylic acids is 1. The van der Waals surface area contributed by atoms with Crippen molar-refractivity contribution in [3.63, 3.8) is 0 Å². The molecule has 0 aromatic heterocycles. The van der Waals surface area contributed by atoms with Gasteiger partial charge < -0.3 is 4.74 Å². The van der Waals surface area contributed by atoms with Crippen molar-refractivity contribution < 1.29 is 17.9 Å². The number of benzene rings is 2. The summed E-state index contributed by atoms with van der Waals surface area (Å²) in [5.41, 5.74) is 5.46. The highest BCUT2D eigenvalue weighted by atomic mass is 32.2. The van der Waals surface area contributed by atoms with Gasteiger partial charge in [-0.25, -0.2) is 13.8 Å². The Labute approximate surface area is 172 Å². The van der Waals surface area contributed by atoms with Crippen LogP contribution in [0.15, 0.2) is 53.6 Å². The molecule has 1 N–H and O–H groups in total. The van der Waals surface area contributed by atoms with Gasteiger partial charge in [0.2, 0.25) is 10.0 Å². The van der Waals surface area contributed by atoms with Crippen LogP contribution in [0.2, 0.25) is 0 Å². The van der Waals surface area contributed by atoms with Gasteiger partial charge in [0.05, 0.1) is 24.3 Å². The third-order valence-electron chi connectivity index (χ3n) is 4.29. The number of carbonyl (C=O) groups is 1. The maximum absolute atomic E-state index is 12.6. The molecule has 0 bridgehead atoms. The molecule has 0 heterocycles. The summed E-state index contributed by atoms with van der Waals surface area (Å²) in [5.74, 6) is 0.0934. The molecule has 1 amide bonds. The van der Waals surface area contributed by atoms with E-state index < -0.39 is 22.0 Å². The van der Waals surface area contributed by atoms with Gasteiger partial charge in [0.1, 0.15) is 11.8 Å². The van der Waals surface area contributed by atoms with Crippen LogP contribution >= 0.6 is 0 Å². The Hall–Kier alpha value is -2.87. The number of nitrogens with zero attached hydrogens (tertiary/aromatic N) is 2. The zero-order chi connectivity index (χ0) is 21.6. The molecule has 0 saturated heterocycles. The molecule has 29 heavy (non-hydrogen) atoms. The summed E-state index contributed by atoms with van der Waals surface area (Å²) in [4.78, 5) is 12.6. The highest BCUT2D eigenvalue weighted by Crippen LogP contribution is 2.24. The molecule has 156 valence electrons. The van der Waals surface area contributed by atoms with E-state index >= 15 is 0 Å². The topological polar surface area (TPSA) is 88.1 Å². The van der Waals surface area contributed by atoms with Crippen LogP contribution in [0.4, 0.5) is 5.69 Å². The molecule has 0 fully saturated rings.